The highest BCUT2D eigenvalue weighted by atomic mass is 32.2. The quantitative estimate of drug-likeness (QED) is 0.0912. The molecule has 8 aromatic rings. The molecule has 0 N–H and O–H groups in total. The van der Waals surface area contributed by atoms with Crippen molar-refractivity contribution in [3.05, 3.63) is 244 Å². The van der Waals surface area contributed by atoms with Gasteiger partial charge in [0.1, 0.15) is 0 Å². The lowest BCUT2D eigenvalue weighted by Gasteiger charge is -2.12. The number of hydrogen-bond donors (Lipinski definition) is 0. The molecule has 0 aliphatic heterocycles. The average Bonchev–Trinajstić information content (AvgIpc) is 3.31. The molecule has 0 atom stereocenters. The highest BCUT2D eigenvalue weighted by Crippen LogP contribution is 2.28. The van der Waals surface area contributed by atoms with Gasteiger partial charge in [-0.1, -0.05) is 127 Å². The zero-order valence-corrected chi connectivity index (χ0v) is 33.3. The van der Waals surface area contributed by atoms with Crippen LogP contribution in [-0.2, 0) is 0 Å². The van der Waals surface area contributed by atoms with Gasteiger partial charge in [0.05, 0.1) is 0 Å². The number of carbonyl (C=O) groups is 4. The Bertz CT molecular complexity index is 2760. The Labute approximate surface area is 348 Å². The van der Waals surface area contributed by atoms with E-state index in [1.807, 2.05) is 141 Å². The minimum absolute atomic E-state index is 0.164. The van der Waals surface area contributed by atoms with Crippen LogP contribution in [0, 0.1) is 6.92 Å². The summed E-state index contributed by atoms with van der Waals surface area (Å²) in [7, 11) is 0. The van der Waals surface area contributed by atoms with Crippen LogP contribution in [0.15, 0.2) is 199 Å². The molecule has 0 fully saturated rings. The minimum atomic E-state index is -0.412. The second-order valence-electron chi connectivity index (χ2n) is 14.4. The molecule has 0 bridgehead atoms. The molecule has 8 aromatic carbocycles. The molecule has 0 amide bonds. The first-order valence-corrected chi connectivity index (χ1v) is 20.5. The summed E-state index contributed by atoms with van der Waals surface area (Å²) in [5.41, 5.74) is 8.84. The molecule has 0 heterocycles. The fourth-order valence-corrected chi connectivity index (χ4v) is 7.71. The van der Waals surface area contributed by atoms with Crippen molar-refractivity contribution in [1.82, 2.24) is 0 Å². The second kappa shape index (κ2) is 17.1. The molecule has 5 heteroatoms. The first-order chi connectivity index (χ1) is 28.7. The van der Waals surface area contributed by atoms with Gasteiger partial charge in [-0.3, -0.25) is 19.2 Å². The molecule has 0 saturated carbocycles. The van der Waals surface area contributed by atoms with E-state index in [1.54, 1.807) is 66.4 Å². The summed E-state index contributed by atoms with van der Waals surface area (Å²) in [6.07, 6.45) is 2.03. The van der Waals surface area contributed by atoms with Crippen LogP contribution in [0.4, 0.5) is 0 Å². The first-order valence-electron chi connectivity index (χ1n) is 19.2. The lowest BCUT2D eigenvalue weighted by molar-refractivity contribution is 0.102. The van der Waals surface area contributed by atoms with Crippen molar-refractivity contribution in [2.45, 2.75) is 11.8 Å². The summed E-state index contributed by atoms with van der Waals surface area (Å²) < 4.78 is 0. The SMILES string of the molecule is CSc1ccc(-c2cccc(C(=O)c3cc(C)cc(C(=O)c4cc(C(=O)c5cccc(-c6ccccc6)c5)cc(C(=O)c5cccc(-c6ccccc6)c5)c4)c3)c2)cc1. The van der Waals surface area contributed by atoms with E-state index in [1.165, 1.54) is 0 Å². The third kappa shape index (κ3) is 8.57. The number of carbonyl (C=O) groups excluding carboxylic acids is 4. The number of benzene rings is 8. The molecular formula is C54H38O4S. The van der Waals surface area contributed by atoms with Crippen molar-refractivity contribution in [2.75, 3.05) is 6.26 Å². The van der Waals surface area contributed by atoms with Crippen molar-refractivity contribution < 1.29 is 19.2 Å². The smallest absolute Gasteiger partial charge is 0.193 e. The van der Waals surface area contributed by atoms with E-state index in [4.69, 9.17) is 0 Å². The topological polar surface area (TPSA) is 68.3 Å². The molecule has 0 radical (unpaired) electrons. The normalized spacial score (nSPS) is 10.9. The molecule has 284 valence electrons. The van der Waals surface area contributed by atoms with Gasteiger partial charge >= 0.3 is 0 Å². The van der Waals surface area contributed by atoms with Crippen molar-refractivity contribution in [3.63, 3.8) is 0 Å². The third-order valence-corrected chi connectivity index (χ3v) is 11.1. The average molecular weight is 783 g/mol. The van der Waals surface area contributed by atoms with Gasteiger partial charge in [-0.05, 0) is 119 Å². The van der Waals surface area contributed by atoms with E-state index in [9.17, 15) is 19.2 Å². The Morgan fingerprint density at radius 3 is 0.966 bits per heavy atom. The maximum Gasteiger partial charge on any atom is 0.193 e. The minimum Gasteiger partial charge on any atom is -0.289 e. The molecule has 0 aliphatic carbocycles. The molecule has 59 heavy (non-hydrogen) atoms. The number of rotatable bonds is 12. The number of aryl methyl sites for hydroxylation is 1. The van der Waals surface area contributed by atoms with Gasteiger partial charge in [-0.25, -0.2) is 0 Å². The lowest BCUT2D eigenvalue weighted by atomic mass is 9.90. The van der Waals surface area contributed by atoms with Crippen LogP contribution in [-0.4, -0.2) is 29.4 Å². The Hall–Kier alpha value is -7.21. The maximum absolute atomic E-state index is 14.6. The van der Waals surface area contributed by atoms with Crippen LogP contribution in [0.3, 0.4) is 0 Å². The predicted molar refractivity (Wildman–Crippen MR) is 239 cm³/mol. The standard InChI is InChI=1S/C54H38O4S/c1-35-26-45(51(55)42-19-11-18-41(30-42)38-22-24-50(59-2)25-23-38)31-46(27-35)54(58)49-33-47(52(56)43-20-9-16-39(28-43)36-12-5-3-6-13-36)32-48(34-49)53(57)44-21-10-17-40(29-44)37-14-7-4-8-15-37/h3-34H,1-2H3. The van der Waals surface area contributed by atoms with Crippen molar-refractivity contribution in [1.29, 1.82) is 0 Å². The van der Waals surface area contributed by atoms with E-state index >= 15 is 0 Å². The van der Waals surface area contributed by atoms with Gasteiger partial charge < -0.3 is 0 Å². The largest absolute Gasteiger partial charge is 0.289 e. The molecule has 0 aromatic heterocycles. The third-order valence-electron chi connectivity index (χ3n) is 10.3. The van der Waals surface area contributed by atoms with E-state index < -0.39 is 5.78 Å². The molecule has 0 unspecified atom stereocenters. The second-order valence-corrected chi connectivity index (χ2v) is 15.3. The van der Waals surface area contributed by atoms with E-state index in [0.717, 1.165) is 43.8 Å². The van der Waals surface area contributed by atoms with Crippen molar-refractivity contribution in [3.8, 4) is 33.4 Å². The zero-order valence-electron chi connectivity index (χ0n) is 32.5. The summed E-state index contributed by atoms with van der Waals surface area (Å²) in [5.74, 6) is -1.29. The Balaban J connectivity index is 1.17. The lowest BCUT2D eigenvalue weighted by Crippen LogP contribution is -2.12. The maximum atomic E-state index is 14.6. The number of hydrogen-bond acceptors (Lipinski definition) is 5. The van der Waals surface area contributed by atoms with E-state index in [-0.39, 0.29) is 39.6 Å². The van der Waals surface area contributed by atoms with Crippen LogP contribution in [0.2, 0.25) is 0 Å². The molecule has 0 spiro atoms. The highest BCUT2D eigenvalue weighted by molar-refractivity contribution is 7.98. The van der Waals surface area contributed by atoms with Crippen LogP contribution in [0.25, 0.3) is 33.4 Å². The van der Waals surface area contributed by atoms with Crippen LogP contribution >= 0.6 is 11.8 Å². The van der Waals surface area contributed by atoms with Gasteiger partial charge in [-0.15, -0.1) is 11.8 Å². The summed E-state index contributed by atoms with van der Waals surface area (Å²) in [4.78, 5) is 58.4. The van der Waals surface area contributed by atoms with Crippen LogP contribution < -0.4 is 0 Å². The number of ketones is 4. The van der Waals surface area contributed by atoms with Crippen LogP contribution in [0.5, 0.6) is 0 Å². The number of thioether (sulfide) groups is 1. The Morgan fingerprint density at radius 1 is 0.305 bits per heavy atom. The van der Waals surface area contributed by atoms with E-state index in [0.29, 0.717) is 22.3 Å². The van der Waals surface area contributed by atoms with Gasteiger partial charge in [-0.2, -0.15) is 0 Å². The molecular weight excluding hydrogens is 745 g/mol. The van der Waals surface area contributed by atoms with Gasteiger partial charge in [0.15, 0.2) is 23.1 Å². The summed E-state index contributed by atoms with van der Waals surface area (Å²) in [6.45, 7) is 1.84. The predicted octanol–water partition coefficient (Wildman–Crippen LogP) is 12.6. The summed E-state index contributed by atoms with van der Waals surface area (Å²) in [6, 6.07) is 59.6. The highest BCUT2D eigenvalue weighted by Gasteiger charge is 2.22. The van der Waals surface area contributed by atoms with Gasteiger partial charge in [0.2, 0.25) is 0 Å². The fourth-order valence-electron chi connectivity index (χ4n) is 7.30. The zero-order chi connectivity index (χ0) is 40.9. The summed E-state index contributed by atoms with van der Waals surface area (Å²) in [5, 5.41) is 0. The fraction of sp³-hybridized carbons (Fsp3) is 0.0370. The van der Waals surface area contributed by atoms with E-state index in [2.05, 4.69) is 12.1 Å². The molecule has 8 rings (SSSR count). The molecule has 0 aliphatic rings. The molecule has 4 nitrogen and oxygen atoms in total. The van der Waals surface area contributed by atoms with Crippen LogP contribution in [0.1, 0.15) is 69.2 Å². The Morgan fingerprint density at radius 2 is 0.610 bits per heavy atom. The van der Waals surface area contributed by atoms with Gasteiger partial charge in [0.25, 0.3) is 0 Å². The molecule has 0 saturated heterocycles. The van der Waals surface area contributed by atoms with Gasteiger partial charge in [0, 0.05) is 49.4 Å². The monoisotopic (exact) mass is 782 g/mol. The van der Waals surface area contributed by atoms with Crippen molar-refractivity contribution >= 4 is 34.9 Å². The first kappa shape index (κ1) is 38.7. The Kier molecular flexibility index (Phi) is 11.2. The van der Waals surface area contributed by atoms with Crippen molar-refractivity contribution in [2.24, 2.45) is 0 Å². The summed E-state index contributed by atoms with van der Waals surface area (Å²) >= 11 is 1.67.